The average Bonchev–Trinajstić information content (AvgIpc) is 2.84. The molecular formula is C27H22N2O5. The van der Waals surface area contributed by atoms with Crippen LogP contribution < -0.4 is 14.8 Å². The number of rotatable bonds is 6. The summed E-state index contributed by atoms with van der Waals surface area (Å²) >= 11 is 0. The molecule has 7 heteroatoms. The normalized spacial score (nSPS) is 10.4. The van der Waals surface area contributed by atoms with Crippen molar-refractivity contribution in [2.45, 2.75) is 6.92 Å². The highest BCUT2D eigenvalue weighted by atomic mass is 16.5. The molecule has 0 spiro atoms. The van der Waals surface area contributed by atoms with Gasteiger partial charge >= 0.3 is 5.97 Å². The van der Waals surface area contributed by atoms with Crippen molar-refractivity contribution < 1.29 is 24.2 Å². The van der Waals surface area contributed by atoms with Gasteiger partial charge in [-0.15, -0.1) is 0 Å². The Morgan fingerprint density at radius 2 is 1.65 bits per heavy atom. The van der Waals surface area contributed by atoms with Gasteiger partial charge in [-0.1, -0.05) is 24.3 Å². The molecule has 0 saturated carbocycles. The summed E-state index contributed by atoms with van der Waals surface area (Å²) in [4.78, 5) is 28.5. The van der Waals surface area contributed by atoms with E-state index >= 15 is 0 Å². The lowest BCUT2D eigenvalue weighted by Gasteiger charge is -2.12. The molecular weight excluding hydrogens is 432 g/mol. The molecule has 0 unspecified atom stereocenters. The summed E-state index contributed by atoms with van der Waals surface area (Å²) in [6, 6.07) is 22.4. The Bertz CT molecular complexity index is 1330. The number of nitrogens with one attached hydrogen (secondary N) is 1. The number of phenolic OH excluding ortho intramolecular Hbond substituents is 1. The van der Waals surface area contributed by atoms with Crippen molar-refractivity contribution in [2.24, 2.45) is 0 Å². The Kier molecular flexibility index (Phi) is 6.54. The van der Waals surface area contributed by atoms with E-state index in [2.05, 4.69) is 10.3 Å². The highest BCUT2D eigenvalue weighted by Crippen LogP contribution is 2.33. The highest BCUT2D eigenvalue weighted by molar-refractivity contribution is 6.04. The molecule has 34 heavy (non-hydrogen) atoms. The van der Waals surface area contributed by atoms with Crippen molar-refractivity contribution in [3.8, 4) is 39.5 Å². The predicted molar refractivity (Wildman–Crippen MR) is 129 cm³/mol. The summed E-state index contributed by atoms with van der Waals surface area (Å²) in [5.74, 6) is 0.832. The summed E-state index contributed by atoms with van der Waals surface area (Å²) in [5.41, 5.74) is 3.59. The molecule has 1 amide bonds. The molecule has 0 saturated heterocycles. The van der Waals surface area contributed by atoms with Gasteiger partial charge in [-0.05, 0) is 65.7 Å². The molecule has 0 bridgehead atoms. The molecule has 0 aliphatic carbocycles. The number of benzene rings is 3. The van der Waals surface area contributed by atoms with Crippen LogP contribution in [-0.4, -0.2) is 29.1 Å². The quantitative estimate of drug-likeness (QED) is 0.303. The first-order chi connectivity index (χ1) is 16.4. The van der Waals surface area contributed by atoms with Crippen molar-refractivity contribution in [1.29, 1.82) is 0 Å². The number of nitrogens with zero attached hydrogens (tertiary/aromatic N) is 1. The van der Waals surface area contributed by atoms with Crippen molar-refractivity contribution in [3.63, 3.8) is 0 Å². The molecule has 170 valence electrons. The largest absolute Gasteiger partial charge is 0.508 e. The number of phenols is 1. The molecule has 0 fully saturated rings. The first kappa shape index (κ1) is 22.5. The van der Waals surface area contributed by atoms with Crippen LogP contribution in [0.4, 0.5) is 5.82 Å². The van der Waals surface area contributed by atoms with E-state index in [4.69, 9.17) is 9.47 Å². The number of anilines is 1. The van der Waals surface area contributed by atoms with E-state index in [1.54, 1.807) is 80.0 Å². The molecule has 0 aliphatic heterocycles. The van der Waals surface area contributed by atoms with E-state index in [0.717, 1.165) is 16.7 Å². The smallest absolute Gasteiger partial charge is 0.308 e. The third-order valence-electron chi connectivity index (χ3n) is 5.07. The molecule has 1 aromatic heterocycles. The molecule has 3 aromatic carbocycles. The van der Waals surface area contributed by atoms with Gasteiger partial charge in [0, 0.05) is 29.8 Å². The summed E-state index contributed by atoms with van der Waals surface area (Å²) < 4.78 is 10.6. The maximum absolute atomic E-state index is 12.9. The number of carbonyl (C=O) groups is 2. The molecule has 0 aliphatic rings. The topological polar surface area (TPSA) is 97.8 Å². The SMILES string of the molecule is COc1ccc(C(=O)Nc2ccc(-c3ccc(O)cc3)cn2)cc1-c1cccc(OC(C)=O)c1. The number of carbonyl (C=O) groups excluding carboxylic acids is 2. The van der Waals surface area contributed by atoms with Gasteiger partial charge in [-0.25, -0.2) is 4.98 Å². The second kappa shape index (κ2) is 9.87. The van der Waals surface area contributed by atoms with Crippen molar-refractivity contribution in [1.82, 2.24) is 4.98 Å². The van der Waals surface area contributed by atoms with E-state index in [0.29, 0.717) is 28.4 Å². The van der Waals surface area contributed by atoms with Crippen LogP contribution in [0.25, 0.3) is 22.3 Å². The monoisotopic (exact) mass is 454 g/mol. The van der Waals surface area contributed by atoms with E-state index in [9.17, 15) is 14.7 Å². The van der Waals surface area contributed by atoms with Crippen LogP contribution in [0.2, 0.25) is 0 Å². The number of hydrogen-bond donors (Lipinski definition) is 2. The molecule has 2 N–H and O–H groups in total. The molecule has 1 heterocycles. The number of aromatic nitrogens is 1. The first-order valence-corrected chi connectivity index (χ1v) is 10.5. The van der Waals surface area contributed by atoms with Crippen LogP contribution in [0, 0.1) is 0 Å². The van der Waals surface area contributed by atoms with Gasteiger partial charge in [0.2, 0.25) is 0 Å². The van der Waals surface area contributed by atoms with Crippen LogP contribution in [-0.2, 0) is 4.79 Å². The molecule has 0 radical (unpaired) electrons. The minimum absolute atomic E-state index is 0.192. The third kappa shape index (κ3) is 5.21. The zero-order valence-corrected chi connectivity index (χ0v) is 18.6. The van der Waals surface area contributed by atoms with Crippen molar-refractivity contribution in [2.75, 3.05) is 12.4 Å². The lowest BCUT2D eigenvalue weighted by molar-refractivity contribution is -0.131. The summed E-state index contributed by atoms with van der Waals surface area (Å²) in [6.45, 7) is 1.34. The second-order valence-electron chi connectivity index (χ2n) is 7.47. The van der Waals surface area contributed by atoms with Crippen molar-refractivity contribution >= 4 is 17.7 Å². The fourth-order valence-corrected chi connectivity index (χ4v) is 3.45. The van der Waals surface area contributed by atoms with Crippen LogP contribution in [0.1, 0.15) is 17.3 Å². The number of esters is 1. The number of pyridine rings is 1. The second-order valence-corrected chi connectivity index (χ2v) is 7.47. The standard InChI is InChI=1S/C27H22N2O5/c1-17(30)34-23-5-3-4-19(14-23)24-15-20(8-12-25(24)33-2)27(32)29-26-13-9-21(16-28-26)18-6-10-22(31)11-7-18/h3-16,31H,1-2H3,(H,28,29,32). The fourth-order valence-electron chi connectivity index (χ4n) is 3.45. The number of amides is 1. The predicted octanol–water partition coefficient (Wildman–Crippen LogP) is 5.31. The lowest BCUT2D eigenvalue weighted by Crippen LogP contribution is -2.13. The number of methoxy groups -OCH3 is 1. The average molecular weight is 454 g/mol. The van der Waals surface area contributed by atoms with Gasteiger partial charge in [-0.3, -0.25) is 9.59 Å². The maximum atomic E-state index is 12.9. The lowest BCUT2D eigenvalue weighted by atomic mass is 10.0. The molecule has 4 rings (SSSR count). The zero-order valence-electron chi connectivity index (χ0n) is 18.6. The zero-order chi connectivity index (χ0) is 24.1. The summed E-state index contributed by atoms with van der Waals surface area (Å²) in [6.07, 6.45) is 1.65. The number of ether oxygens (including phenoxy) is 2. The van der Waals surface area contributed by atoms with Crippen LogP contribution in [0.5, 0.6) is 17.2 Å². The Balaban J connectivity index is 1.56. The van der Waals surface area contributed by atoms with Gasteiger partial charge in [0.15, 0.2) is 0 Å². The van der Waals surface area contributed by atoms with E-state index in [1.807, 2.05) is 12.1 Å². The summed E-state index contributed by atoms with van der Waals surface area (Å²) in [5, 5.41) is 12.2. The minimum Gasteiger partial charge on any atom is -0.508 e. The minimum atomic E-state index is -0.416. The molecule has 4 aromatic rings. The van der Waals surface area contributed by atoms with Crippen LogP contribution in [0.15, 0.2) is 85.1 Å². The van der Waals surface area contributed by atoms with E-state index in [-0.39, 0.29) is 11.7 Å². The number of hydrogen-bond acceptors (Lipinski definition) is 6. The Labute approximate surface area is 196 Å². The van der Waals surface area contributed by atoms with Gasteiger partial charge in [0.1, 0.15) is 23.1 Å². The van der Waals surface area contributed by atoms with Gasteiger partial charge in [-0.2, -0.15) is 0 Å². The Morgan fingerprint density at radius 3 is 2.32 bits per heavy atom. The first-order valence-electron chi connectivity index (χ1n) is 10.5. The van der Waals surface area contributed by atoms with Crippen molar-refractivity contribution in [3.05, 3.63) is 90.6 Å². The van der Waals surface area contributed by atoms with E-state index < -0.39 is 5.97 Å². The van der Waals surface area contributed by atoms with E-state index in [1.165, 1.54) is 6.92 Å². The Morgan fingerprint density at radius 1 is 0.882 bits per heavy atom. The molecule has 7 nitrogen and oxygen atoms in total. The third-order valence-corrected chi connectivity index (χ3v) is 5.07. The van der Waals surface area contributed by atoms with Crippen LogP contribution >= 0.6 is 0 Å². The maximum Gasteiger partial charge on any atom is 0.308 e. The Hall–Kier alpha value is -4.65. The fraction of sp³-hybridized carbons (Fsp3) is 0.0741. The molecule has 0 atom stereocenters. The van der Waals surface area contributed by atoms with Gasteiger partial charge < -0.3 is 19.9 Å². The van der Waals surface area contributed by atoms with Crippen LogP contribution in [0.3, 0.4) is 0 Å². The highest BCUT2D eigenvalue weighted by Gasteiger charge is 2.14. The van der Waals surface area contributed by atoms with Gasteiger partial charge in [0.25, 0.3) is 5.91 Å². The summed E-state index contributed by atoms with van der Waals surface area (Å²) in [7, 11) is 1.55. The number of aromatic hydroxyl groups is 1. The van der Waals surface area contributed by atoms with Gasteiger partial charge in [0.05, 0.1) is 7.11 Å².